The van der Waals surface area contributed by atoms with Crippen molar-refractivity contribution in [3.05, 3.63) is 0 Å². The first kappa shape index (κ1) is 35.1. The van der Waals surface area contributed by atoms with E-state index in [4.69, 9.17) is 0 Å². The highest BCUT2D eigenvalue weighted by molar-refractivity contribution is 4.91. The third kappa shape index (κ3) is 8.61. The minimum absolute atomic E-state index is 1.11. The maximum atomic E-state index is 1.61. The Hall–Kier alpha value is 0. The van der Waals surface area contributed by atoms with Crippen LogP contribution in [0.4, 0.5) is 0 Å². The lowest BCUT2D eigenvalue weighted by Gasteiger charge is -2.45. The van der Waals surface area contributed by atoms with Crippen LogP contribution >= 0.6 is 0 Å². The molecule has 0 aromatic rings. The predicted molar refractivity (Wildman–Crippen MR) is 206 cm³/mol. The van der Waals surface area contributed by atoms with Crippen LogP contribution in [0.3, 0.4) is 0 Å². The van der Waals surface area contributed by atoms with Gasteiger partial charge in [-0.25, -0.2) is 0 Å². The van der Waals surface area contributed by atoms with Crippen molar-refractivity contribution in [2.75, 3.05) is 0 Å². The Balaban J connectivity index is 0.690. The highest BCUT2D eigenvalue weighted by Gasteiger charge is 2.40. The molecule has 8 saturated carbocycles. The summed E-state index contributed by atoms with van der Waals surface area (Å²) >= 11 is 0. The molecule has 48 heavy (non-hydrogen) atoms. The van der Waals surface area contributed by atoms with E-state index in [1.165, 1.54) is 12.8 Å². The lowest BCUT2D eigenvalue weighted by Crippen LogP contribution is -2.33. The molecule has 0 radical (unpaired) electrons. The fraction of sp³-hybridized carbons (Fsp3) is 1.00. The second-order valence-corrected chi connectivity index (χ2v) is 20.8. The Bertz CT molecular complexity index is 814. The average Bonchev–Trinajstić information content (AvgIpc) is 3.19. The molecular weight excluding hydrogens is 577 g/mol. The summed E-state index contributed by atoms with van der Waals surface area (Å²) in [6, 6.07) is 0. The number of rotatable bonds is 7. The first-order valence-electron chi connectivity index (χ1n) is 23.8. The lowest BCUT2D eigenvalue weighted by atomic mass is 9.61. The second-order valence-electron chi connectivity index (χ2n) is 20.8. The molecule has 8 aliphatic carbocycles. The van der Waals surface area contributed by atoms with Gasteiger partial charge in [0.1, 0.15) is 0 Å². The molecule has 0 saturated heterocycles. The summed E-state index contributed by atoms with van der Waals surface area (Å²) in [4.78, 5) is 0. The summed E-state index contributed by atoms with van der Waals surface area (Å²) in [5, 5.41) is 0. The van der Waals surface area contributed by atoms with Gasteiger partial charge in [-0.15, -0.1) is 0 Å². The van der Waals surface area contributed by atoms with Crippen LogP contribution < -0.4 is 0 Å². The van der Waals surface area contributed by atoms with E-state index in [9.17, 15) is 0 Å². The van der Waals surface area contributed by atoms with Gasteiger partial charge in [-0.3, -0.25) is 0 Å². The van der Waals surface area contributed by atoms with Gasteiger partial charge in [0.05, 0.1) is 0 Å². The Kier molecular flexibility index (Phi) is 12.6. The summed E-state index contributed by atoms with van der Waals surface area (Å²) in [5.41, 5.74) is 0. The first-order valence-corrected chi connectivity index (χ1v) is 23.8. The summed E-state index contributed by atoms with van der Waals surface area (Å²) in [6.07, 6.45) is 54.1. The van der Waals surface area contributed by atoms with Gasteiger partial charge >= 0.3 is 0 Å². The molecule has 8 rings (SSSR count). The van der Waals surface area contributed by atoms with E-state index in [0.29, 0.717) is 0 Å². The minimum atomic E-state index is 1.11. The zero-order chi connectivity index (χ0) is 32.1. The molecule has 8 fully saturated rings. The van der Waals surface area contributed by atoms with E-state index in [2.05, 4.69) is 0 Å². The normalized spacial score (nSPS) is 46.2. The zero-order valence-electron chi connectivity index (χ0n) is 32.1. The van der Waals surface area contributed by atoms with Gasteiger partial charge in [0.15, 0.2) is 0 Å². The highest BCUT2D eigenvalue weighted by atomic mass is 14.5. The maximum Gasteiger partial charge on any atom is -0.0386 e. The van der Waals surface area contributed by atoms with Crippen LogP contribution in [0.5, 0.6) is 0 Å². The summed E-state index contributed by atoms with van der Waals surface area (Å²) in [5.74, 6) is 15.6. The van der Waals surface area contributed by atoms with Crippen molar-refractivity contribution in [2.45, 2.75) is 218 Å². The summed E-state index contributed by atoms with van der Waals surface area (Å²) in [6.45, 7) is 0. The first-order chi connectivity index (χ1) is 23.8. The smallest absolute Gasteiger partial charge is 0.0386 e. The highest BCUT2D eigenvalue weighted by Crippen LogP contribution is 2.52. The quantitative estimate of drug-likeness (QED) is 0.255. The van der Waals surface area contributed by atoms with Crippen molar-refractivity contribution < 1.29 is 0 Å². The van der Waals surface area contributed by atoms with Crippen molar-refractivity contribution in [2.24, 2.45) is 82.9 Å². The predicted octanol–water partition coefficient (Wildman–Crippen LogP) is 15.0. The second kappa shape index (κ2) is 17.2. The Morgan fingerprint density at radius 3 is 0.333 bits per heavy atom. The molecule has 0 amide bonds. The third-order valence-corrected chi connectivity index (χ3v) is 18.9. The maximum absolute atomic E-state index is 1.61. The van der Waals surface area contributed by atoms with Gasteiger partial charge in [0.2, 0.25) is 0 Å². The van der Waals surface area contributed by atoms with Crippen LogP contribution in [0.1, 0.15) is 218 Å². The topological polar surface area (TPSA) is 0 Å². The van der Waals surface area contributed by atoms with Crippen LogP contribution in [0, 0.1) is 82.9 Å². The molecule has 0 aromatic carbocycles. The Morgan fingerprint density at radius 2 is 0.208 bits per heavy atom. The molecule has 0 spiro atoms. The molecule has 0 heterocycles. The van der Waals surface area contributed by atoms with Crippen LogP contribution in [-0.4, -0.2) is 0 Å². The molecule has 0 heteroatoms. The molecule has 0 aliphatic heterocycles. The van der Waals surface area contributed by atoms with Crippen LogP contribution in [0.25, 0.3) is 0 Å². The van der Waals surface area contributed by atoms with E-state index < -0.39 is 0 Å². The molecule has 0 bridgehead atoms. The van der Waals surface area contributed by atoms with Crippen LogP contribution in [-0.2, 0) is 0 Å². The largest absolute Gasteiger partial charge is 0.0533 e. The van der Waals surface area contributed by atoms with Crippen molar-refractivity contribution in [1.29, 1.82) is 0 Å². The van der Waals surface area contributed by atoms with Gasteiger partial charge in [-0.2, -0.15) is 0 Å². The fourth-order valence-corrected chi connectivity index (χ4v) is 15.7. The van der Waals surface area contributed by atoms with Crippen molar-refractivity contribution in [3.8, 4) is 0 Å². The molecule has 0 atom stereocenters. The van der Waals surface area contributed by atoms with Gasteiger partial charge in [0, 0.05) is 0 Å². The van der Waals surface area contributed by atoms with Gasteiger partial charge < -0.3 is 0 Å². The molecule has 0 unspecified atom stereocenters. The van der Waals surface area contributed by atoms with E-state index >= 15 is 0 Å². The average molecular weight is 659 g/mol. The molecule has 0 aromatic heterocycles. The van der Waals surface area contributed by atoms with Crippen LogP contribution in [0.2, 0.25) is 0 Å². The van der Waals surface area contributed by atoms with Crippen molar-refractivity contribution >= 4 is 0 Å². The van der Waals surface area contributed by atoms with Gasteiger partial charge in [-0.1, -0.05) is 64.2 Å². The van der Waals surface area contributed by atoms with Crippen molar-refractivity contribution in [3.63, 3.8) is 0 Å². The molecule has 274 valence electrons. The van der Waals surface area contributed by atoms with E-state index in [1.54, 1.807) is 205 Å². The standard InChI is InChI=1S/C48H82/c1-3-7-35(8-4-1)37-11-15-39(16-12-37)41-19-23-43(24-20-41)45-27-31-47(32-28-45)48-33-29-46(30-34-48)44-25-21-42(22-26-44)40-17-13-38(14-18-40)36-9-5-2-6-10-36/h35-48H,1-34H2. The molecular formula is C48H82. The molecule has 8 aliphatic rings. The monoisotopic (exact) mass is 659 g/mol. The van der Waals surface area contributed by atoms with Gasteiger partial charge in [-0.05, 0) is 237 Å². The SMILES string of the molecule is C1CCC(C2CCC(C3CCC(C4CCC(C5CCC(C6CCC(C7CCC(C8CCCCC8)CC7)CC6)CC5)CC4)CC3)CC2)CC1. The van der Waals surface area contributed by atoms with E-state index in [0.717, 1.165) is 82.9 Å². The lowest BCUT2D eigenvalue weighted by molar-refractivity contribution is 0.0654. The third-order valence-electron chi connectivity index (χ3n) is 18.9. The fourth-order valence-electron chi connectivity index (χ4n) is 15.7. The van der Waals surface area contributed by atoms with E-state index in [-0.39, 0.29) is 0 Å². The summed E-state index contributed by atoms with van der Waals surface area (Å²) in [7, 11) is 0. The van der Waals surface area contributed by atoms with Crippen LogP contribution in [0.15, 0.2) is 0 Å². The molecule has 0 N–H and O–H groups in total. The Morgan fingerprint density at radius 1 is 0.104 bits per heavy atom. The minimum Gasteiger partial charge on any atom is -0.0533 e. The van der Waals surface area contributed by atoms with Gasteiger partial charge in [0.25, 0.3) is 0 Å². The van der Waals surface area contributed by atoms with E-state index in [1.807, 2.05) is 0 Å². The molecule has 0 nitrogen and oxygen atoms in total. The number of hydrogen-bond acceptors (Lipinski definition) is 0. The Labute approximate surface area is 300 Å². The number of hydrogen-bond donors (Lipinski definition) is 0. The summed E-state index contributed by atoms with van der Waals surface area (Å²) < 4.78 is 0. The van der Waals surface area contributed by atoms with Crippen molar-refractivity contribution in [1.82, 2.24) is 0 Å². The zero-order valence-corrected chi connectivity index (χ0v) is 32.1.